The molecule has 0 radical (unpaired) electrons. The third-order valence-corrected chi connectivity index (χ3v) is 4.11. The second-order valence-corrected chi connectivity index (χ2v) is 5.46. The Morgan fingerprint density at radius 1 is 1.37 bits per heavy atom. The summed E-state index contributed by atoms with van der Waals surface area (Å²) in [4.78, 5) is 12.4. The molecule has 1 N–H and O–H groups in total. The molecule has 3 heteroatoms. The van der Waals surface area contributed by atoms with Crippen LogP contribution in [0.4, 0.5) is 5.69 Å². The van der Waals surface area contributed by atoms with Gasteiger partial charge >= 0.3 is 0 Å². The maximum atomic E-state index is 12.4. The minimum atomic E-state index is 0.274. The van der Waals surface area contributed by atoms with Crippen molar-refractivity contribution < 1.29 is 9.53 Å². The van der Waals surface area contributed by atoms with Crippen LogP contribution in [-0.4, -0.2) is 25.0 Å². The van der Waals surface area contributed by atoms with E-state index >= 15 is 0 Å². The molecule has 102 valence electrons. The average Bonchev–Trinajstić information content (AvgIpc) is 2.97. The molecule has 1 aromatic rings. The van der Waals surface area contributed by atoms with Gasteiger partial charge in [0.2, 0.25) is 0 Å². The summed E-state index contributed by atoms with van der Waals surface area (Å²) in [6.07, 6.45) is 6.18. The molecule has 0 bridgehead atoms. The molecule has 0 aromatic heterocycles. The van der Waals surface area contributed by atoms with E-state index in [1.54, 1.807) is 0 Å². The number of hydrogen-bond donors (Lipinski definition) is 1. The van der Waals surface area contributed by atoms with Gasteiger partial charge in [-0.05, 0) is 43.7 Å². The van der Waals surface area contributed by atoms with Crippen molar-refractivity contribution in [2.45, 2.75) is 44.6 Å². The highest BCUT2D eigenvalue weighted by molar-refractivity contribution is 5.99. The van der Waals surface area contributed by atoms with Gasteiger partial charge in [-0.3, -0.25) is 4.79 Å². The fourth-order valence-electron chi connectivity index (χ4n) is 3.07. The van der Waals surface area contributed by atoms with E-state index in [9.17, 15) is 4.79 Å². The Labute approximate surface area is 114 Å². The van der Waals surface area contributed by atoms with E-state index < -0.39 is 0 Å². The predicted molar refractivity (Wildman–Crippen MR) is 75.8 cm³/mol. The van der Waals surface area contributed by atoms with Crippen molar-refractivity contribution in [1.82, 2.24) is 0 Å². The first kappa shape index (κ1) is 12.7. The van der Waals surface area contributed by atoms with E-state index in [0.717, 1.165) is 56.5 Å². The molecule has 3 nitrogen and oxygen atoms in total. The lowest BCUT2D eigenvalue weighted by Crippen LogP contribution is -2.16. The monoisotopic (exact) mass is 259 g/mol. The van der Waals surface area contributed by atoms with E-state index in [-0.39, 0.29) is 5.78 Å². The molecule has 1 atom stereocenters. The number of Topliss-reactive ketones (excluding diaryl/α,β-unsaturated/α-hetero) is 1. The van der Waals surface area contributed by atoms with Crippen LogP contribution in [0.15, 0.2) is 18.2 Å². The highest BCUT2D eigenvalue weighted by atomic mass is 16.5. The van der Waals surface area contributed by atoms with Crippen LogP contribution in [-0.2, 0) is 11.2 Å². The molecule has 2 aliphatic rings. The second-order valence-electron chi connectivity index (χ2n) is 5.46. The maximum Gasteiger partial charge on any atom is 0.163 e. The van der Waals surface area contributed by atoms with Crippen molar-refractivity contribution in [2.24, 2.45) is 0 Å². The third-order valence-electron chi connectivity index (χ3n) is 4.11. The summed E-state index contributed by atoms with van der Waals surface area (Å²) in [5.74, 6) is 0.274. The Bertz CT molecular complexity index is 464. The van der Waals surface area contributed by atoms with Crippen LogP contribution in [0.2, 0.25) is 0 Å². The zero-order valence-electron chi connectivity index (χ0n) is 11.3. The van der Waals surface area contributed by atoms with Gasteiger partial charge in [-0.1, -0.05) is 12.1 Å². The first-order valence-electron chi connectivity index (χ1n) is 7.35. The number of anilines is 1. The van der Waals surface area contributed by atoms with Gasteiger partial charge in [-0.25, -0.2) is 0 Å². The van der Waals surface area contributed by atoms with E-state index in [4.69, 9.17) is 4.74 Å². The molecule has 1 aromatic carbocycles. The van der Waals surface area contributed by atoms with Crippen LogP contribution in [0.5, 0.6) is 0 Å². The molecule has 0 spiro atoms. The number of rotatable bonds is 4. The van der Waals surface area contributed by atoms with Crippen molar-refractivity contribution >= 4 is 11.5 Å². The maximum absolute atomic E-state index is 12.4. The average molecular weight is 259 g/mol. The van der Waals surface area contributed by atoms with Crippen molar-refractivity contribution in [1.29, 1.82) is 0 Å². The number of carbonyl (C=O) groups excluding carboxylic acids is 1. The van der Waals surface area contributed by atoms with Crippen LogP contribution in [0, 0.1) is 0 Å². The van der Waals surface area contributed by atoms with Crippen molar-refractivity contribution in [3.8, 4) is 0 Å². The molecular formula is C16H21NO2. The van der Waals surface area contributed by atoms with Gasteiger partial charge in [0.15, 0.2) is 5.78 Å². The summed E-state index contributed by atoms with van der Waals surface area (Å²) in [6.45, 7) is 1.88. The molecule has 0 amide bonds. The molecule has 0 aliphatic carbocycles. The molecule has 1 saturated heterocycles. The largest absolute Gasteiger partial charge is 0.385 e. The number of benzene rings is 1. The molecule has 2 heterocycles. The molecular weight excluding hydrogens is 238 g/mol. The zero-order valence-corrected chi connectivity index (χ0v) is 11.3. The summed E-state index contributed by atoms with van der Waals surface area (Å²) in [6, 6.07) is 6.03. The third kappa shape index (κ3) is 2.81. The molecule has 1 fully saturated rings. The molecule has 1 unspecified atom stereocenters. The number of ether oxygens (including phenoxy) is 1. The van der Waals surface area contributed by atoms with E-state index in [1.165, 1.54) is 5.56 Å². The SMILES string of the molecule is O=C(CCC1CCCO1)c1cccc2c1CCCN2. The van der Waals surface area contributed by atoms with Crippen LogP contribution >= 0.6 is 0 Å². The predicted octanol–water partition coefficient (Wildman–Crippen LogP) is 3.19. The highest BCUT2D eigenvalue weighted by Crippen LogP contribution is 2.27. The van der Waals surface area contributed by atoms with Gasteiger partial charge in [0.25, 0.3) is 0 Å². The number of fused-ring (bicyclic) bond motifs is 1. The van der Waals surface area contributed by atoms with Crippen molar-refractivity contribution in [3.63, 3.8) is 0 Å². The quantitative estimate of drug-likeness (QED) is 0.844. The number of carbonyl (C=O) groups is 1. The zero-order chi connectivity index (χ0) is 13.1. The van der Waals surface area contributed by atoms with E-state index in [1.807, 2.05) is 12.1 Å². The van der Waals surface area contributed by atoms with Crippen LogP contribution in [0.3, 0.4) is 0 Å². The highest BCUT2D eigenvalue weighted by Gasteiger charge is 2.20. The fraction of sp³-hybridized carbons (Fsp3) is 0.562. The minimum absolute atomic E-state index is 0.274. The standard InChI is InChI=1S/C16H21NO2/c18-16(9-8-12-4-3-11-19-12)14-5-1-7-15-13(14)6-2-10-17-15/h1,5,7,12,17H,2-4,6,8-11H2. The minimum Gasteiger partial charge on any atom is -0.385 e. The van der Waals surface area contributed by atoms with Gasteiger partial charge in [0, 0.05) is 30.8 Å². The first-order chi connectivity index (χ1) is 9.34. The fourth-order valence-corrected chi connectivity index (χ4v) is 3.07. The number of ketones is 1. The Balaban J connectivity index is 1.68. The summed E-state index contributed by atoms with van der Waals surface area (Å²) in [7, 11) is 0. The smallest absolute Gasteiger partial charge is 0.163 e. The van der Waals surface area contributed by atoms with Gasteiger partial charge in [-0.15, -0.1) is 0 Å². The summed E-state index contributed by atoms with van der Waals surface area (Å²) >= 11 is 0. The summed E-state index contributed by atoms with van der Waals surface area (Å²) < 4.78 is 5.59. The van der Waals surface area contributed by atoms with Gasteiger partial charge < -0.3 is 10.1 Å². The van der Waals surface area contributed by atoms with Gasteiger partial charge in [0.05, 0.1) is 6.10 Å². The van der Waals surface area contributed by atoms with Crippen molar-refractivity contribution in [3.05, 3.63) is 29.3 Å². The Morgan fingerprint density at radius 3 is 3.16 bits per heavy atom. The lowest BCUT2D eigenvalue weighted by molar-refractivity contribution is 0.0858. The number of nitrogens with one attached hydrogen (secondary N) is 1. The number of hydrogen-bond acceptors (Lipinski definition) is 3. The Morgan fingerprint density at radius 2 is 2.32 bits per heavy atom. The Hall–Kier alpha value is -1.35. The normalized spacial score (nSPS) is 21.8. The van der Waals surface area contributed by atoms with Crippen LogP contribution in [0.1, 0.15) is 48.0 Å². The molecule has 19 heavy (non-hydrogen) atoms. The topological polar surface area (TPSA) is 38.3 Å². The van der Waals surface area contributed by atoms with E-state index in [2.05, 4.69) is 11.4 Å². The van der Waals surface area contributed by atoms with E-state index in [0.29, 0.717) is 12.5 Å². The lowest BCUT2D eigenvalue weighted by atomic mass is 9.93. The first-order valence-corrected chi connectivity index (χ1v) is 7.35. The summed E-state index contributed by atoms with van der Waals surface area (Å²) in [5, 5.41) is 3.38. The van der Waals surface area contributed by atoms with Crippen molar-refractivity contribution in [2.75, 3.05) is 18.5 Å². The van der Waals surface area contributed by atoms with Crippen LogP contribution in [0.25, 0.3) is 0 Å². The lowest BCUT2D eigenvalue weighted by Gasteiger charge is -2.20. The molecule has 0 saturated carbocycles. The molecule has 3 rings (SSSR count). The molecule has 2 aliphatic heterocycles. The second kappa shape index (κ2) is 5.74. The summed E-state index contributed by atoms with van der Waals surface area (Å²) in [5.41, 5.74) is 3.28. The van der Waals surface area contributed by atoms with Gasteiger partial charge in [0.1, 0.15) is 0 Å². The van der Waals surface area contributed by atoms with Gasteiger partial charge in [-0.2, -0.15) is 0 Å². The van der Waals surface area contributed by atoms with Crippen LogP contribution < -0.4 is 5.32 Å². The Kier molecular flexibility index (Phi) is 3.83.